The molecule has 0 bridgehead atoms. The molecule has 1 saturated heterocycles. The monoisotopic (exact) mass is 216 g/mol. The Bertz CT molecular complexity index is 231. The first-order valence-corrected chi connectivity index (χ1v) is 5.32. The summed E-state index contributed by atoms with van der Waals surface area (Å²) in [5.74, 6) is -0.0632. The summed E-state index contributed by atoms with van der Waals surface area (Å²) in [5.41, 5.74) is 5.07. The maximum absolute atomic E-state index is 12.0. The molecule has 1 aliphatic rings. The number of hydrogen-bond acceptors (Lipinski definition) is 4. The minimum Gasteiger partial charge on any atom is -0.394 e. The Hall–Kier alpha value is -0.650. The molecule has 0 saturated carbocycles. The van der Waals surface area contributed by atoms with Gasteiger partial charge in [-0.15, -0.1) is 0 Å². The summed E-state index contributed by atoms with van der Waals surface area (Å²) < 4.78 is 5.27. The van der Waals surface area contributed by atoms with Gasteiger partial charge in [0.1, 0.15) is 0 Å². The second-order valence-electron chi connectivity index (χ2n) is 4.20. The second kappa shape index (κ2) is 4.92. The van der Waals surface area contributed by atoms with Crippen molar-refractivity contribution in [3.63, 3.8) is 0 Å². The number of carbonyl (C=O) groups excluding carboxylic acids is 1. The van der Waals surface area contributed by atoms with Gasteiger partial charge in [-0.25, -0.2) is 0 Å². The highest BCUT2D eigenvalue weighted by molar-refractivity contribution is 5.85. The number of carbonyl (C=O) groups is 1. The van der Waals surface area contributed by atoms with Crippen molar-refractivity contribution < 1.29 is 14.6 Å². The van der Waals surface area contributed by atoms with Crippen LogP contribution < -0.4 is 5.73 Å². The molecule has 1 rings (SSSR count). The van der Waals surface area contributed by atoms with E-state index in [2.05, 4.69) is 0 Å². The zero-order valence-electron chi connectivity index (χ0n) is 9.40. The Morgan fingerprint density at radius 3 is 2.93 bits per heavy atom. The average molecular weight is 216 g/mol. The molecule has 3 N–H and O–H groups in total. The minimum absolute atomic E-state index is 0.0583. The SMILES string of the molecule is CCC(C)(N)C(=O)N1CCOC(CO)C1. The van der Waals surface area contributed by atoms with Crippen molar-refractivity contribution in [2.24, 2.45) is 5.73 Å². The van der Waals surface area contributed by atoms with Crippen LogP contribution >= 0.6 is 0 Å². The van der Waals surface area contributed by atoms with Gasteiger partial charge in [0.25, 0.3) is 0 Å². The average Bonchev–Trinajstić information content (AvgIpc) is 2.28. The lowest BCUT2D eigenvalue weighted by Crippen LogP contribution is -2.57. The number of nitrogens with two attached hydrogens (primary N) is 1. The molecule has 1 aliphatic heterocycles. The molecule has 0 aromatic heterocycles. The highest BCUT2D eigenvalue weighted by Gasteiger charge is 2.33. The van der Waals surface area contributed by atoms with Crippen molar-refractivity contribution in [3.8, 4) is 0 Å². The van der Waals surface area contributed by atoms with E-state index in [1.807, 2.05) is 6.92 Å². The Kier molecular flexibility index (Phi) is 4.07. The van der Waals surface area contributed by atoms with Crippen LogP contribution in [0.3, 0.4) is 0 Å². The fourth-order valence-electron chi connectivity index (χ4n) is 1.53. The highest BCUT2D eigenvalue weighted by Crippen LogP contribution is 2.13. The van der Waals surface area contributed by atoms with E-state index in [9.17, 15) is 4.79 Å². The summed E-state index contributed by atoms with van der Waals surface area (Å²) >= 11 is 0. The molecule has 5 heteroatoms. The first kappa shape index (κ1) is 12.4. The van der Waals surface area contributed by atoms with Gasteiger partial charge in [0, 0.05) is 13.1 Å². The van der Waals surface area contributed by atoms with Crippen LogP contribution in [0.5, 0.6) is 0 Å². The van der Waals surface area contributed by atoms with E-state index in [1.54, 1.807) is 11.8 Å². The number of ether oxygens (including phenoxy) is 1. The molecule has 2 unspecified atom stereocenters. The fraction of sp³-hybridized carbons (Fsp3) is 0.900. The predicted octanol–water partition coefficient (Wildman–Crippen LogP) is -0.666. The largest absolute Gasteiger partial charge is 0.394 e. The lowest BCUT2D eigenvalue weighted by atomic mass is 9.98. The van der Waals surface area contributed by atoms with Crippen molar-refractivity contribution in [1.82, 2.24) is 4.90 Å². The van der Waals surface area contributed by atoms with Gasteiger partial charge in [-0.05, 0) is 13.3 Å². The van der Waals surface area contributed by atoms with Gasteiger partial charge in [0.15, 0.2) is 0 Å². The molecule has 0 aromatic rings. The van der Waals surface area contributed by atoms with Crippen molar-refractivity contribution in [2.45, 2.75) is 31.9 Å². The van der Waals surface area contributed by atoms with Crippen molar-refractivity contribution in [1.29, 1.82) is 0 Å². The van der Waals surface area contributed by atoms with Gasteiger partial charge in [-0.3, -0.25) is 4.79 Å². The molecule has 0 aromatic carbocycles. The Balaban J connectivity index is 2.60. The molecule has 1 amide bonds. The number of aliphatic hydroxyl groups is 1. The molecule has 1 fully saturated rings. The van der Waals surface area contributed by atoms with Gasteiger partial charge in [0.2, 0.25) is 5.91 Å². The second-order valence-corrected chi connectivity index (χ2v) is 4.20. The van der Waals surface area contributed by atoms with E-state index in [4.69, 9.17) is 15.6 Å². The van der Waals surface area contributed by atoms with Crippen molar-refractivity contribution in [3.05, 3.63) is 0 Å². The van der Waals surface area contributed by atoms with Crippen LogP contribution in [0, 0.1) is 0 Å². The quantitative estimate of drug-likeness (QED) is 0.656. The molecule has 5 nitrogen and oxygen atoms in total. The fourth-order valence-corrected chi connectivity index (χ4v) is 1.53. The van der Waals surface area contributed by atoms with Gasteiger partial charge < -0.3 is 20.5 Å². The highest BCUT2D eigenvalue weighted by atomic mass is 16.5. The van der Waals surface area contributed by atoms with Crippen LogP contribution in [-0.2, 0) is 9.53 Å². The van der Waals surface area contributed by atoms with Crippen molar-refractivity contribution in [2.75, 3.05) is 26.3 Å². The minimum atomic E-state index is -0.808. The number of morpholine rings is 1. The number of rotatable bonds is 3. The van der Waals surface area contributed by atoms with E-state index < -0.39 is 5.54 Å². The van der Waals surface area contributed by atoms with Gasteiger partial charge in [-0.2, -0.15) is 0 Å². The van der Waals surface area contributed by atoms with Crippen LogP contribution in [0.25, 0.3) is 0 Å². The molecule has 0 aliphatic carbocycles. The molecule has 88 valence electrons. The van der Waals surface area contributed by atoms with Crippen molar-refractivity contribution >= 4 is 5.91 Å². The lowest BCUT2D eigenvalue weighted by molar-refractivity contribution is -0.145. The molecular weight excluding hydrogens is 196 g/mol. The summed E-state index contributed by atoms with van der Waals surface area (Å²) in [5, 5.41) is 8.96. The Labute approximate surface area is 90.2 Å². The Morgan fingerprint density at radius 2 is 2.40 bits per heavy atom. The topological polar surface area (TPSA) is 75.8 Å². The van der Waals surface area contributed by atoms with E-state index >= 15 is 0 Å². The number of nitrogens with zero attached hydrogens (tertiary/aromatic N) is 1. The predicted molar refractivity (Wildman–Crippen MR) is 56.3 cm³/mol. The number of aliphatic hydroxyl groups excluding tert-OH is 1. The standard InChI is InChI=1S/C10H20N2O3/c1-3-10(2,11)9(14)12-4-5-15-8(6-12)7-13/h8,13H,3-7,11H2,1-2H3. The maximum atomic E-state index is 12.0. The Morgan fingerprint density at radius 1 is 1.73 bits per heavy atom. The summed E-state index contributed by atoms with van der Waals surface area (Å²) in [7, 11) is 0. The third-order valence-electron chi connectivity index (χ3n) is 2.85. The summed E-state index contributed by atoms with van der Waals surface area (Å²) in [6.45, 7) is 5.03. The smallest absolute Gasteiger partial charge is 0.242 e. The number of hydrogen-bond donors (Lipinski definition) is 2. The van der Waals surface area contributed by atoms with Gasteiger partial charge in [0.05, 0.1) is 24.9 Å². The summed E-state index contributed by atoms with van der Waals surface area (Å²) in [6, 6.07) is 0. The summed E-state index contributed by atoms with van der Waals surface area (Å²) in [6.07, 6.45) is 0.336. The number of amides is 1. The molecule has 0 radical (unpaired) electrons. The van der Waals surface area contributed by atoms with E-state index in [1.165, 1.54) is 0 Å². The maximum Gasteiger partial charge on any atom is 0.242 e. The van der Waals surface area contributed by atoms with E-state index in [0.717, 1.165) is 0 Å². The zero-order valence-corrected chi connectivity index (χ0v) is 9.40. The van der Waals surface area contributed by atoms with Gasteiger partial charge >= 0.3 is 0 Å². The van der Waals surface area contributed by atoms with Crippen LogP contribution in [0.15, 0.2) is 0 Å². The van der Waals surface area contributed by atoms with Gasteiger partial charge in [-0.1, -0.05) is 6.92 Å². The first-order valence-electron chi connectivity index (χ1n) is 5.32. The third-order valence-corrected chi connectivity index (χ3v) is 2.85. The van der Waals surface area contributed by atoms with Crippen LogP contribution in [0.2, 0.25) is 0 Å². The summed E-state index contributed by atoms with van der Waals surface area (Å²) in [4.78, 5) is 13.7. The van der Waals surface area contributed by atoms with Crippen LogP contribution in [0.4, 0.5) is 0 Å². The molecule has 0 spiro atoms. The van der Waals surface area contributed by atoms with Crippen LogP contribution in [-0.4, -0.2) is 53.9 Å². The van der Waals surface area contributed by atoms with Crippen LogP contribution in [0.1, 0.15) is 20.3 Å². The zero-order chi connectivity index (χ0) is 11.5. The molecular formula is C10H20N2O3. The normalized spacial score (nSPS) is 26.1. The first-order chi connectivity index (χ1) is 7.01. The molecule has 1 heterocycles. The lowest BCUT2D eigenvalue weighted by Gasteiger charge is -2.36. The molecule has 2 atom stereocenters. The van der Waals surface area contributed by atoms with E-state index in [-0.39, 0.29) is 18.6 Å². The molecule has 15 heavy (non-hydrogen) atoms. The van der Waals surface area contributed by atoms with E-state index in [0.29, 0.717) is 26.1 Å². The third kappa shape index (κ3) is 2.90.